The first kappa shape index (κ1) is 17.0. The van der Waals surface area contributed by atoms with Crippen molar-refractivity contribution in [2.24, 2.45) is 5.73 Å². The topological polar surface area (TPSA) is 38.5 Å². The summed E-state index contributed by atoms with van der Waals surface area (Å²) in [7, 11) is 0. The van der Waals surface area contributed by atoms with Crippen LogP contribution in [-0.4, -0.2) is 30.6 Å². The number of rotatable bonds is 9. The minimum absolute atomic E-state index is 0.264. The van der Waals surface area contributed by atoms with E-state index in [4.69, 9.17) is 10.5 Å². The first-order chi connectivity index (χ1) is 9.63. The second-order valence-corrected chi connectivity index (χ2v) is 5.50. The highest BCUT2D eigenvalue weighted by molar-refractivity contribution is 5.31. The third-order valence-corrected chi connectivity index (χ3v) is 3.48. The van der Waals surface area contributed by atoms with Crippen molar-refractivity contribution in [2.75, 3.05) is 19.7 Å². The summed E-state index contributed by atoms with van der Waals surface area (Å²) in [4.78, 5) is 2.47. The van der Waals surface area contributed by atoms with Crippen LogP contribution in [0.4, 0.5) is 0 Å². The minimum atomic E-state index is 0.264. The fraction of sp³-hybridized carbons (Fsp3) is 0.647. The van der Waals surface area contributed by atoms with Crippen molar-refractivity contribution in [1.29, 1.82) is 0 Å². The van der Waals surface area contributed by atoms with E-state index in [1.807, 2.05) is 6.07 Å². The zero-order valence-corrected chi connectivity index (χ0v) is 13.4. The molecule has 0 saturated carbocycles. The Morgan fingerprint density at radius 2 is 1.95 bits per heavy atom. The molecule has 3 heteroatoms. The molecule has 0 saturated heterocycles. The van der Waals surface area contributed by atoms with Crippen molar-refractivity contribution in [3.63, 3.8) is 0 Å². The molecule has 0 heterocycles. The second-order valence-electron chi connectivity index (χ2n) is 5.50. The van der Waals surface area contributed by atoms with E-state index >= 15 is 0 Å². The van der Waals surface area contributed by atoms with E-state index in [2.05, 4.69) is 50.8 Å². The van der Waals surface area contributed by atoms with Gasteiger partial charge in [0.15, 0.2) is 0 Å². The molecule has 1 aromatic rings. The summed E-state index contributed by atoms with van der Waals surface area (Å²) >= 11 is 0. The molecule has 1 unspecified atom stereocenters. The van der Waals surface area contributed by atoms with Gasteiger partial charge < -0.3 is 10.5 Å². The van der Waals surface area contributed by atoms with Gasteiger partial charge in [-0.25, -0.2) is 0 Å². The van der Waals surface area contributed by atoms with Crippen molar-refractivity contribution in [2.45, 2.75) is 52.6 Å². The highest BCUT2D eigenvalue weighted by Gasteiger charge is 2.21. The first-order valence-corrected chi connectivity index (χ1v) is 7.82. The minimum Gasteiger partial charge on any atom is -0.494 e. The summed E-state index contributed by atoms with van der Waals surface area (Å²) in [5.41, 5.74) is 7.29. The lowest BCUT2D eigenvalue weighted by Crippen LogP contribution is -2.39. The molecule has 0 spiro atoms. The molecule has 3 nitrogen and oxygen atoms in total. The van der Waals surface area contributed by atoms with Gasteiger partial charge in [0.25, 0.3) is 0 Å². The van der Waals surface area contributed by atoms with Crippen molar-refractivity contribution in [3.8, 4) is 5.75 Å². The zero-order valence-electron chi connectivity index (χ0n) is 13.4. The maximum atomic E-state index is 6.04. The number of benzene rings is 1. The molecule has 20 heavy (non-hydrogen) atoms. The van der Waals surface area contributed by atoms with Crippen LogP contribution in [0.3, 0.4) is 0 Å². The third kappa shape index (κ3) is 4.80. The summed E-state index contributed by atoms with van der Waals surface area (Å²) in [6.45, 7) is 11.3. The highest BCUT2D eigenvalue weighted by atomic mass is 16.5. The van der Waals surface area contributed by atoms with E-state index in [1.54, 1.807) is 0 Å². The molecule has 2 N–H and O–H groups in total. The number of hydrogen-bond acceptors (Lipinski definition) is 3. The third-order valence-electron chi connectivity index (χ3n) is 3.48. The molecule has 0 radical (unpaired) electrons. The molecule has 0 fully saturated rings. The number of nitrogens with zero attached hydrogens (tertiary/aromatic N) is 1. The zero-order chi connectivity index (χ0) is 15.0. The average molecular weight is 278 g/mol. The molecule has 0 bridgehead atoms. The lowest BCUT2D eigenvalue weighted by Gasteiger charge is -2.34. The smallest absolute Gasteiger partial charge is 0.119 e. The largest absolute Gasteiger partial charge is 0.494 e. The Kier molecular flexibility index (Phi) is 7.63. The molecule has 114 valence electrons. The van der Waals surface area contributed by atoms with Gasteiger partial charge in [0, 0.05) is 18.6 Å². The molecule has 1 atom stereocenters. The van der Waals surface area contributed by atoms with Gasteiger partial charge >= 0.3 is 0 Å². The summed E-state index contributed by atoms with van der Waals surface area (Å²) in [5.74, 6) is 0.947. The Labute approximate surface area is 124 Å². The second kappa shape index (κ2) is 8.98. The van der Waals surface area contributed by atoms with Crippen LogP contribution in [0.25, 0.3) is 0 Å². The quantitative estimate of drug-likeness (QED) is 0.750. The van der Waals surface area contributed by atoms with Crippen molar-refractivity contribution in [3.05, 3.63) is 29.8 Å². The molecule has 0 amide bonds. The number of nitrogens with two attached hydrogens (primary N) is 1. The Morgan fingerprint density at radius 3 is 2.50 bits per heavy atom. The van der Waals surface area contributed by atoms with Crippen LogP contribution in [-0.2, 0) is 0 Å². The Hall–Kier alpha value is -1.06. The molecule has 0 aliphatic heterocycles. The van der Waals surface area contributed by atoms with Crippen LogP contribution >= 0.6 is 0 Å². The highest BCUT2D eigenvalue weighted by Crippen LogP contribution is 2.25. The summed E-state index contributed by atoms with van der Waals surface area (Å²) in [5, 5.41) is 0. The van der Waals surface area contributed by atoms with Gasteiger partial charge in [0.2, 0.25) is 0 Å². The van der Waals surface area contributed by atoms with Gasteiger partial charge in [-0.3, -0.25) is 4.90 Å². The van der Waals surface area contributed by atoms with E-state index in [0.717, 1.165) is 31.7 Å². The summed E-state index contributed by atoms with van der Waals surface area (Å²) in [6, 6.07) is 9.13. The molecular weight excluding hydrogens is 248 g/mol. The van der Waals surface area contributed by atoms with Gasteiger partial charge in [-0.1, -0.05) is 26.0 Å². The van der Waals surface area contributed by atoms with E-state index in [1.165, 1.54) is 5.56 Å². The molecule has 1 aromatic carbocycles. The van der Waals surface area contributed by atoms with Gasteiger partial charge in [-0.15, -0.1) is 0 Å². The van der Waals surface area contributed by atoms with Crippen molar-refractivity contribution >= 4 is 0 Å². The molecular formula is C17H30N2O. The maximum Gasteiger partial charge on any atom is 0.119 e. The molecule has 0 aliphatic rings. The van der Waals surface area contributed by atoms with E-state index in [9.17, 15) is 0 Å². The maximum absolute atomic E-state index is 6.04. The molecule has 0 aromatic heterocycles. The Morgan fingerprint density at radius 1 is 1.20 bits per heavy atom. The lowest BCUT2D eigenvalue weighted by atomic mass is 10.0. The predicted molar refractivity (Wildman–Crippen MR) is 86.2 cm³/mol. The number of hydrogen-bond donors (Lipinski definition) is 1. The summed E-state index contributed by atoms with van der Waals surface area (Å²) in [6.07, 6.45) is 2.17. The van der Waals surface area contributed by atoms with Crippen LogP contribution in [0.5, 0.6) is 5.75 Å². The van der Waals surface area contributed by atoms with Gasteiger partial charge in [-0.2, -0.15) is 0 Å². The Balaban J connectivity index is 2.92. The SMILES string of the molecule is CCCOc1cccc(C(CN)N(CCC)C(C)C)c1. The average Bonchev–Trinajstić information content (AvgIpc) is 2.45. The van der Waals surface area contributed by atoms with Gasteiger partial charge in [0.1, 0.15) is 5.75 Å². The van der Waals surface area contributed by atoms with Crippen LogP contribution in [0.15, 0.2) is 24.3 Å². The van der Waals surface area contributed by atoms with Gasteiger partial charge in [-0.05, 0) is 50.9 Å². The molecule has 0 aliphatic carbocycles. The van der Waals surface area contributed by atoms with Gasteiger partial charge in [0.05, 0.1) is 6.61 Å². The fourth-order valence-electron chi connectivity index (χ4n) is 2.53. The van der Waals surface area contributed by atoms with E-state index in [0.29, 0.717) is 12.6 Å². The summed E-state index contributed by atoms with van der Waals surface area (Å²) < 4.78 is 5.73. The number of ether oxygens (including phenoxy) is 1. The first-order valence-electron chi connectivity index (χ1n) is 7.82. The standard InChI is InChI=1S/C17H30N2O/c1-5-10-19(14(3)4)17(13-18)15-8-7-9-16(12-15)20-11-6-2/h7-9,12,14,17H,5-6,10-11,13,18H2,1-4H3. The lowest BCUT2D eigenvalue weighted by molar-refractivity contribution is 0.157. The predicted octanol–water partition coefficient (Wildman–Crippen LogP) is 3.60. The van der Waals surface area contributed by atoms with Crippen LogP contribution in [0.1, 0.15) is 52.1 Å². The normalized spacial score (nSPS) is 12.9. The van der Waals surface area contributed by atoms with Crippen LogP contribution < -0.4 is 10.5 Å². The monoisotopic (exact) mass is 278 g/mol. The van der Waals surface area contributed by atoms with Crippen LogP contribution in [0, 0.1) is 0 Å². The Bertz CT molecular complexity index is 379. The van der Waals surface area contributed by atoms with Crippen LogP contribution in [0.2, 0.25) is 0 Å². The van der Waals surface area contributed by atoms with Crippen molar-refractivity contribution < 1.29 is 4.74 Å². The molecule has 1 rings (SSSR count). The van der Waals surface area contributed by atoms with E-state index in [-0.39, 0.29) is 6.04 Å². The van der Waals surface area contributed by atoms with Crippen molar-refractivity contribution in [1.82, 2.24) is 4.90 Å². The fourth-order valence-corrected chi connectivity index (χ4v) is 2.53. The van der Waals surface area contributed by atoms with E-state index < -0.39 is 0 Å².